The van der Waals surface area contributed by atoms with Gasteiger partial charge < -0.3 is 9.84 Å². The lowest BCUT2D eigenvalue weighted by atomic mass is 10.1. The molecule has 1 rings (SSSR count). The topological polar surface area (TPSA) is 58.6 Å². The van der Waals surface area contributed by atoms with Crippen LogP contribution >= 0.6 is 0 Å². The lowest BCUT2D eigenvalue weighted by Gasteiger charge is -2.17. The van der Waals surface area contributed by atoms with E-state index in [0.717, 1.165) is 6.07 Å². The Labute approximate surface area is 105 Å². The number of carbonyl (C=O) groups is 1. The van der Waals surface area contributed by atoms with Gasteiger partial charge in [0.15, 0.2) is 0 Å². The Morgan fingerprint density at radius 1 is 1.61 bits per heavy atom. The summed E-state index contributed by atoms with van der Waals surface area (Å²) >= 11 is 0. The highest BCUT2D eigenvalue weighted by Crippen LogP contribution is 2.21. The maximum Gasteiger partial charge on any atom is 0.327 e. The summed E-state index contributed by atoms with van der Waals surface area (Å²) in [6.45, 7) is 5.81. The van der Waals surface area contributed by atoms with E-state index in [-0.39, 0.29) is 12.4 Å². The average Bonchev–Trinajstić information content (AvgIpc) is 2.28. The zero-order valence-electron chi connectivity index (χ0n) is 10.1. The van der Waals surface area contributed by atoms with Gasteiger partial charge in [-0.25, -0.2) is 9.18 Å². The van der Waals surface area contributed by atoms with E-state index in [2.05, 4.69) is 11.9 Å². The normalized spacial score (nSPS) is 11.9. The number of rotatable bonds is 6. The van der Waals surface area contributed by atoms with Crippen molar-refractivity contribution < 1.29 is 19.0 Å². The van der Waals surface area contributed by atoms with Gasteiger partial charge in [0.2, 0.25) is 0 Å². The fourth-order valence-corrected chi connectivity index (χ4v) is 1.53. The molecule has 1 unspecified atom stereocenters. The van der Waals surface area contributed by atoms with E-state index >= 15 is 0 Å². The second-order valence-corrected chi connectivity index (χ2v) is 3.62. The highest BCUT2D eigenvalue weighted by Gasteiger charge is 2.22. The molecular weight excluding hydrogens is 237 g/mol. The van der Waals surface area contributed by atoms with Crippen LogP contribution in [-0.2, 0) is 9.53 Å². The second-order valence-electron chi connectivity index (χ2n) is 3.62. The molecule has 0 saturated heterocycles. The number of benzene rings is 1. The van der Waals surface area contributed by atoms with Crippen molar-refractivity contribution >= 4 is 5.97 Å². The van der Waals surface area contributed by atoms with Gasteiger partial charge >= 0.3 is 5.97 Å². The molecule has 98 valence electrons. The van der Waals surface area contributed by atoms with Gasteiger partial charge in [-0.15, -0.1) is 6.58 Å². The molecule has 0 bridgehead atoms. The standard InChI is InChI=1S/C13H16FNO3/c1-3-5-15-12(13(17)18-4-2)9-6-10(14)8-11(16)7-9/h3,6-8,12,15-16H,1,4-5H2,2H3. The zero-order valence-corrected chi connectivity index (χ0v) is 10.1. The molecule has 0 aliphatic heterocycles. The van der Waals surface area contributed by atoms with E-state index in [0.29, 0.717) is 12.1 Å². The van der Waals surface area contributed by atoms with Gasteiger partial charge in [-0.3, -0.25) is 5.32 Å². The first kappa shape index (κ1) is 14.2. The fourth-order valence-electron chi connectivity index (χ4n) is 1.53. The van der Waals surface area contributed by atoms with Crippen LogP contribution in [0.25, 0.3) is 0 Å². The van der Waals surface area contributed by atoms with E-state index in [1.807, 2.05) is 0 Å². The van der Waals surface area contributed by atoms with E-state index in [1.54, 1.807) is 13.0 Å². The number of carbonyl (C=O) groups excluding carboxylic acids is 1. The third kappa shape index (κ3) is 3.85. The molecule has 0 saturated carbocycles. The van der Waals surface area contributed by atoms with Gasteiger partial charge in [-0.1, -0.05) is 6.08 Å². The number of esters is 1. The van der Waals surface area contributed by atoms with Crippen molar-refractivity contribution in [1.82, 2.24) is 5.32 Å². The average molecular weight is 253 g/mol. The fraction of sp³-hybridized carbons (Fsp3) is 0.308. The van der Waals surface area contributed by atoms with Crippen molar-refractivity contribution in [3.05, 3.63) is 42.2 Å². The van der Waals surface area contributed by atoms with E-state index < -0.39 is 17.8 Å². The first-order valence-electron chi connectivity index (χ1n) is 5.58. The van der Waals surface area contributed by atoms with Crippen LogP contribution in [-0.4, -0.2) is 24.2 Å². The molecule has 2 N–H and O–H groups in total. The summed E-state index contributed by atoms with van der Waals surface area (Å²) in [7, 11) is 0. The number of ether oxygens (including phenoxy) is 1. The largest absolute Gasteiger partial charge is 0.508 e. The number of aromatic hydroxyl groups is 1. The lowest BCUT2D eigenvalue weighted by molar-refractivity contribution is -0.145. The number of phenols is 1. The lowest BCUT2D eigenvalue weighted by Crippen LogP contribution is -2.30. The summed E-state index contributed by atoms with van der Waals surface area (Å²) in [5.41, 5.74) is 0.313. The summed E-state index contributed by atoms with van der Waals surface area (Å²) < 4.78 is 18.1. The van der Waals surface area contributed by atoms with Crippen LogP contribution in [0.5, 0.6) is 5.75 Å². The SMILES string of the molecule is C=CCNC(C(=O)OCC)c1cc(O)cc(F)c1. The molecule has 0 amide bonds. The molecule has 0 fully saturated rings. The first-order chi connectivity index (χ1) is 8.58. The van der Waals surface area contributed by atoms with Crippen molar-refractivity contribution in [3.8, 4) is 5.75 Å². The quantitative estimate of drug-likeness (QED) is 0.600. The van der Waals surface area contributed by atoms with Gasteiger partial charge in [0.05, 0.1) is 6.61 Å². The Morgan fingerprint density at radius 3 is 2.89 bits per heavy atom. The molecule has 1 atom stereocenters. The molecule has 1 aromatic rings. The van der Waals surface area contributed by atoms with Crippen molar-refractivity contribution in [2.45, 2.75) is 13.0 Å². The minimum absolute atomic E-state index is 0.229. The predicted molar refractivity (Wildman–Crippen MR) is 65.6 cm³/mol. The molecule has 0 heterocycles. The van der Waals surface area contributed by atoms with Crippen LogP contribution in [0.1, 0.15) is 18.5 Å². The number of hydrogen-bond acceptors (Lipinski definition) is 4. The molecule has 0 aromatic heterocycles. The van der Waals surface area contributed by atoms with E-state index in [1.165, 1.54) is 12.1 Å². The number of halogens is 1. The smallest absolute Gasteiger partial charge is 0.327 e. The second kappa shape index (κ2) is 6.76. The number of nitrogens with one attached hydrogen (secondary N) is 1. The highest BCUT2D eigenvalue weighted by atomic mass is 19.1. The molecule has 0 aliphatic rings. The predicted octanol–water partition coefficient (Wildman–Crippen LogP) is 1.91. The Hall–Kier alpha value is -1.88. The summed E-state index contributed by atoms with van der Waals surface area (Å²) in [4.78, 5) is 11.7. The Bertz CT molecular complexity index is 414. The van der Waals surface area contributed by atoms with Crippen LogP contribution in [0.3, 0.4) is 0 Å². The van der Waals surface area contributed by atoms with Gasteiger partial charge in [0.25, 0.3) is 0 Å². The number of hydrogen-bond donors (Lipinski definition) is 2. The summed E-state index contributed by atoms with van der Waals surface area (Å²) in [6, 6.07) is 2.64. The van der Waals surface area contributed by atoms with Gasteiger partial charge in [0.1, 0.15) is 17.6 Å². The molecule has 0 radical (unpaired) electrons. The molecule has 0 aliphatic carbocycles. The minimum atomic E-state index is -0.829. The van der Waals surface area contributed by atoms with Crippen molar-refractivity contribution in [2.75, 3.05) is 13.2 Å². The molecule has 18 heavy (non-hydrogen) atoms. The van der Waals surface area contributed by atoms with Crippen LogP contribution < -0.4 is 5.32 Å². The summed E-state index contributed by atoms with van der Waals surface area (Å²) in [5, 5.41) is 12.2. The Balaban J connectivity index is 2.99. The number of phenolic OH excluding ortho intramolecular Hbond substituents is 1. The Morgan fingerprint density at radius 2 is 2.33 bits per heavy atom. The highest BCUT2D eigenvalue weighted by molar-refractivity contribution is 5.77. The minimum Gasteiger partial charge on any atom is -0.508 e. The third-order valence-electron chi connectivity index (χ3n) is 2.23. The summed E-state index contributed by atoms with van der Waals surface area (Å²) in [5.74, 6) is -1.37. The maximum atomic E-state index is 13.2. The van der Waals surface area contributed by atoms with Crippen LogP contribution in [0.15, 0.2) is 30.9 Å². The maximum absolute atomic E-state index is 13.2. The van der Waals surface area contributed by atoms with Gasteiger partial charge in [-0.2, -0.15) is 0 Å². The first-order valence-corrected chi connectivity index (χ1v) is 5.58. The van der Waals surface area contributed by atoms with E-state index in [9.17, 15) is 14.3 Å². The summed E-state index contributed by atoms with van der Waals surface area (Å²) in [6.07, 6.45) is 1.57. The molecule has 5 heteroatoms. The molecule has 1 aromatic carbocycles. The van der Waals surface area contributed by atoms with Gasteiger partial charge in [0, 0.05) is 12.6 Å². The van der Waals surface area contributed by atoms with Crippen molar-refractivity contribution in [2.24, 2.45) is 0 Å². The van der Waals surface area contributed by atoms with Crippen LogP contribution in [0.4, 0.5) is 4.39 Å². The van der Waals surface area contributed by atoms with Crippen LogP contribution in [0, 0.1) is 5.82 Å². The van der Waals surface area contributed by atoms with Gasteiger partial charge in [-0.05, 0) is 24.6 Å². The van der Waals surface area contributed by atoms with E-state index in [4.69, 9.17) is 4.74 Å². The zero-order chi connectivity index (χ0) is 13.5. The molecular formula is C13H16FNO3. The van der Waals surface area contributed by atoms with Crippen LogP contribution in [0.2, 0.25) is 0 Å². The third-order valence-corrected chi connectivity index (χ3v) is 2.23. The molecule has 0 spiro atoms. The molecule has 4 nitrogen and oxygen atoms in total. The Kier molecular flexibility index (Phi) is 5.32. The van der Waals surface area contributed by atoms with Crippen molar-refractivity contribution in [1.29, 1.82) is 0 Å². The monoisotopic (exact) mass is 253 g/mol. The van der Waals surface area contributed by atoms with Crippen molar-refractivity contribution in [3.63, 3.8) is 0 Å².